The number of nitrogens with zero attached hydrogens (tertiary/aromatic N) is 2. The Kier molecular flexibility index (Phi) is 10.8. The van der Waals surface area contributed by atoms with E-state index in [1.165, 1.54) is 23.1 Å². The Morgan fingerprint density at radius 2 is 1.49 bits per heavy atom. The minimum Gasteiger partial charge on any atom is -0.355 e. The third kappa shape index (κ3) is 8.13. The largest absolute Gasteiger partial charge is 0.355 e. The zero-order chi connectivity index (χ0) is 31.0. The third-order valence-electron chi connectivity index (χ3n) is 6.69. The molecular weight excluding hydrogens is 612 g/mol. The van der Waals surface area contributed by atoms with Crippen molar-refractivity contribution in [1.82, 2.24) is 10.2 Å². The van der Waals surface area contributed by atoms with Crippen LogP contribution in [0.5, 0.6) is 0 Å². The molecule has 0 spiro atoms. The highest BCUT2D eigenvalue weighted by Crippen LogP contribution is 2.28. The number of nitrogens with one attached hydrogen (secondary N) is 1. The second kappa shape index (κ2) is 14.5. The number of likely N-dealkylation sites (N-methyl/N-ethyl adjacent to an activating group) is 1. The minimum absolute atomic E-state index is 0.00592. The van der Waals surface area contributed by atoms with Crippen molar-refractivity contribution in [1.29, 1.82) is 0 Å². The van der Waals surface area contributed by atoms with Gasteiger partial charge in [0, 0.05) is 24.5 Å². The molecule has 0 bridgehead atoms. The average molecular weight is 643 g/mol. The average Bonchev–Trinajstić information content (AvgIpc) is 3.01. The quantitative estimate of drug-likeness (QED) is 0.202. The van der Waals surface area contributed by atoms with E-state index in [9.17, 15) is 22.4 Å². The van der Waals surface area contributed by atoms with Gasteiger partial charge in [-0.15, -0.1) is 0 Å². The lowest BCUT2D eigenvalue weighted by molar-refractivity contribution is -0.140. The lowest BCUT2D eigenvalue weighted by Crippen LogP contribution is -2.53. The zero-order valence-corrected chi connectivity index (χ0v) is 25.6. The number of rotatable bonds is 12. The summed E-state index contributed by atoms with van der Waals surface area (Å²) in [5, 5.41) is 3.00. The Hall–Kier alpha value is -3.92. The van der Waals surface area contributed by atoms with Crippen LogP contribution in [-0.2, 0) is 32.6 Å². The molecule has 0 aliphatic carbocycles. The van der Waals surface area contributed by atoms with Crippen molar-refractivity contribution in [2.24, 2.45) is 0 Å². The van der Waals surface area contributed by atoms with Gasteiger partial charge in [0.25, 0.3) is 10.0 Å². The monoisotopic (exact) mass is 641 g/mol. The van der Waals surface area contributed by atoms with E-state index in [2.05, 4.69) is 5.32 Å². The number of hydrogen-bond donors (Lipinski definition) is 1. The number of carbonyl (C=O) groups is 2. The van der Waals surface area contributed by atoms with Crippen molar-refractivity contribution in [3.05, 3.63) is 130 Å². The van der Waals surface area contributed by atoms with Crippen LogP contribution in [0.15, 0.2) is 108 Å². The van der Waals surface area contributed by atoms with E-state index in [4.69, 9.17) is 23.2 Å². The fourth-order valence-electron chi connectivity index (χ4n) is 4.52. The summed E-state index contributed by atoms with van der Waals surface area (Å²) in [6, 6.07) is 26.1. The molecule has 0 aliphatic heterocycles. The smallest absolute Gasteiger partial charge is 0.264 e. The first-order valence-electron chi connectivity index (χ1n) is 13.5. The predicted molar refractivity (Wildman–Crippen MR) is 167 cm³/mol. The summed E-state index contributed by atoms with van der Waals surface area (Å²) >= 11 is 12.1. The molecule has 11 heteroatoms. The van der Waals surface area contributed by atoms with E-state index in [0.29, 0.717) is 17.1 Å². The molecule has 0 aromatic heterocycles. The maximum atomic E-state index is 14.3. The Labute approximate surface area is 260 Å². The molecule has 0 aliphatic rings. The molecule has 1 atom stereocenters. The highest BCUT2D eigenvalue weighted by Gasteiger charge is 2.34. The molecular formula is C32H30Cl2FN3O4S. The van der Waals surface area contributed by atoms with Crippen molar-refractivity contribution < 1.29 is 22.4 Å². The van der Waals surface area contributed by atoms with Crippen LogP contribution in [0.3, 0.4) is 0 Å². The summed E-state index contributed by atoms with van der Waals surface area (Å²) in [5.41, 5.74) is 1.49. The highest BCUT2D eigenvalue weighted by molar-refractivity contribution is 7.92. The van der Waals surface area contributed by atoms with Crippen LogP contribution in [0.25, 0.3) is 0 Å². The fraction of sp³-hybridized carbons (Fsp3) is 0.188. The van der Waals surface area contributed by atoms with Gasteiger partial charge in [-0.1, -0.05) is 83.9 Å². The van der Waals surface area contributed by atoms with Gasteiger partial charge in [-0.25, -0.2) is 12.8 Å². The van der Waals surface area contributed by atoms with Gasteiger partial charge in [0.2, 0.25) is 11.8 Å². The van der Waals surface area contributed by atoms with Crippen LogP contribution in [0.1, 0.15) is 18.1 Å². The Balaban J connectivity index is 1.80. The summed E-state index contributed by atoms with van der Waals surface area (Å²) in [6.07, 6.45) is 0.180. The molecule has 1 unspecified atom stereocenters. The number of hydrogen-bond acceptors (Lipinski definition) is 4. The second-order valence-electron chi connectivity index (χ2n) is 9.67. The molecule has 0 radical (unpaired) electrons. The van der Waals surface area contributed by atoms with E-state index in [0.717, 1.165) is 22.0 Å². The van der Waals surface area contributed by atoms with Crippen molar-refractivity contribution in [3.63, 3.8) is 0 Å². The van der Waals surface area contributed by atoms with E-state index in [1.807, 2.05) is 30.3 Å². The van der Waals surface area contributed by atoms with Crippen LogP contribution in [0.4, 0.5) is 10.1 Å². The molecule has 224 valence electrons. The first kappa shape index (κ1) is 32.0. The Bertz CT molecular complexity index is 1660. The summed E-state index contributed by atoms with van der Waals surface area (Å²) in [4.78, 5) is 29.0. The lowest BCUT2D eigenvalue weighted by atomic mass is 10.0. The van der Waals surface area contributed by atoms with Crippen LogP contribution >= 0.6 is 23.2 Å². The molecule has 7 nitrogen and oxygen atoms in total. The summed E-state index contributed by atoms with van der Waals surface area (Å²) in [6.45, 7) is 1.41. The Morgan fingerprint density at radius 1 is 0.860 bits per heavy atom. The predicted octanol–water partition coefficient (Wildman–Crippen LogP) is 6.10. The third-order valence-corrected chi connectivity index (χ3v) is 9.02. The summed E-state index contributed by atoms with van der Waals surface area (Å²) in [5.74, 6) is -1.78. The molecule has 4 aromatic carbocycles. The molecule has 4 rings (SSSR count). The van der Waals surface area contributed by atoms with E-state index in [-0.39, 0.29) is 28.6 Å². The van der Waals surface area contributed by atoms with Gasteiger partial charge in [0.05, 0.1) is 15.6 Å². The van der Waals surface area contributed by atoms with Gasteiger partial charge in [-0.3, -0.25) is 13.9 Å². The van der Waals surface area contributed by atoms with Gasteiger partial charge < -0.3 is 10.2 Å². The van der Waals surface area contributed by atoms with Gasteiger partial charge in [-0.05, 0) is 60.5 Å². The highest BCUT2D eigenvalue weighted by atomic mass is 35.5. The topological polar surface area (TPSA) is 86.8 Å². The maximum Gasteiger partial charge on any atom is 0.264 e. The van der Waals surface area contributed by atoms with Crippen LogP contribution in [0.2, 0.25) is 10.0 Å². The SMILES string of the molecule is CCNC(=O)C(Cc1ccccc1)N(Cc1ccc(Cl)cc1)C(=O)CN(c1ccc(F)c(Cl)c1)S(=O)(=O)c1ccccc1. The molecule has 43 heavy (non-hydrogen) atoms. The van der Waals surface area contributed by atoms with Crippen molar-refractivity contribution >= 4 is 50.7 Å². The van der Waals surface area contributed by atoms with Gasteiger partial charge in [0.15, 0.2) is 0 Å². The van der Waals surface area contributed by atoms with E-state index in [1.54, 1.807) is 49.4 Å². The van der Waals surface area contributed by atoms with E-state index >= 15 is 0 Å². The molecule has 1 N–H and O–H groups in total. The fourth-order valence-corrected chi connectivity index (χ4v) is 6.25. The number of benzene rings is 4. The second-order valence-corrected chi connectivity index (χ2v) is 12.4. The van der Waals surface area contributed by atoms with Crippen molar-refractivity contribution in [2.75, 3.05) is 17.4 Å². The van der Waals surface area contributed by atoms with Crippen LogP contribution in [-0.4, -0.2) is 44.3 Å². The number of anilines is 1. The van der Waals surface area contributed by atoms with Gasteiger partial charge >= 0.3 is 0 Å². The molecule has 4 aromatic rings. The van der Waals surface area contributed by atoms with Crippen LogP contribution in [0, 0.1) is 5.82 Å². The maximum absolute atomic E-state index is 14.3. The van der Waals surface area contributed by atoms with Crippen molar-refractivity contribution in [3.8, 4) is 0 Å². The van der Waals surface area contributed by atoms with Crippen LogP contribution < -0.4 is 9.62 Å². The molecule has 0 fully saturated rings. The zero-order valence-electron chi connectivity index (χ0n) is 23.3. The van der Waals surface area contributed by atoms with E-state index < -0.39 is 40.2 Å². The standard InChI is InChI=1S/C32H30Cl2FN3O4S/c1-2-36-32(40)30(19-23-9-5-3-6-10-23)37(21-24-13-15-25(33)16-14-24)31(39)22-38(26-17-18-29(35)28(34)20-26)43(41,42)27-11-7-4-8-12-27/h3-18,20,30H,2,19,21-22H2,1H3,(H,36,40). The number of halogens is 3. The number of sulfonamides is 1. The molecule has 0 saturated carbocycles. The minimum atomic E-state index is -4.32. The Morgan fingerprint density at radius 3 is 2.09 bits per heavy atom. The number of carbonyl (C=O) groups excluding carboxylic acids is 2. The normalized spacial score (nSPS) is 11.9. The molecule has 2 amide bonds. The molecule has 0 heterocycles. The van der Waals surface area contributed by atoms with Crippen molar-refractivity contribution in [2.45, 2.75) is 30.8 Å². The van der Waals surface area contributed by atoms with Gasteiger partial charge in [0.1, 0.15) is 18.4 Å². The first-order valence-corrected chi connectivity index (χ1v) is 15.7. The summed E-state index contributed by atoms with van der Waals surface area (Å²) < 4.78 is 42.8. The lowest BCUT2D eigenvalue weighted by Gasteiger charge is -2.34. The summed E-state index contributed by atoms with van der Waals surface area (Å²) in [7, 11) is -4.32. The number of amides is 2. The first-order chi connectivity index (χ1) is 20.6. The molecule has 0 saturated heterocycles. The van der Waals surface area contributed by atoms with Gasteiger partial charge in [-0.2, -0.15) is 0 Å².